The van der Waals surface area contributed by atoms with E-state index in [1.807, 2.05) is 44.2 Å². The number of benzene rings is 1. The van der Waals surface area contributed by atoms with Crippen molar-refractivity contribution in [3.8, 4) is 5.69 Å². The molecule has 0 aliphatic heterocycles. The first-order valence-electron chi connectivity index (χ1n) is 6.50. The minimum absolute atomic E-state index is 0.543. The largest absolute Gasteiger partial charge is 0.389 e. The fraction of sp³-hybridized carbons (Fsp3) is 0.429. The van der Waals surface area contributed by atoms with Gasteiger partial charge in [-0.25, -0.2) is 0 Å². The highest BCUT2D eigenvalue weighted by atomic mass is 16.3. The van der Waals surface area contributed by atoms with Gasteiger partial charge in [0.2, 0.25) is 0 Å². The zero-order valence-electron chi connectivity index (χ0n) is 11.4. The molecule has 1 atom stereocenters. The Balaban J connectivity index is 1.92. The summed E-state index contributed by atoms with van der Waals surface area (Å²) in [5.41, 5.74) is 1.13. The van der Waals surface area contributed by atoms with Crippen molar-refractivity contribution in [3.63, 3.8) is 0 Å². The van der Waals surface area contributed by atoms with Crippen molar-refractivity contribution in [2.45, 2.75) is 32.4 Å². The normalized spacial score (nSPS) is 14.3. The number of para-hydroxylation sites is 1. The summed E-state index contributed by atoms with van der Waals surface area (Å²) in [6, 6.07) is 9.78. The van der Waals surface area contributed by atoms with Gasteiger partial charge >= 0.3 is 0 Å². The molecular formula is C14H20N4O. The van der Waals surface area contributed by atoms with Gasteiger partial charge < -0.3 is 10.4 Å². The van der Waals surface area contributed by atoms with Crippen LogP contribution in [0.2, 0.25) is 0 Å². The number of hydrogen-bond donors (Lipinski definition) is 2. The van der Waals surface area contributed by atoms with Crippen LogP contribution in [-0.2, 0) is 6.54 Å². The van der Waals surface area contributed by atoms with Gasteiger partial charge in [-0.05, 0) is 25.5 Å². The van der Waals surface area contributed by atoms with E-state index in [0.29, 0.717) is 13.1 Å². The molecule has 1 aromatic carbocycles. The van der Waals surface area contributed by atoms with Crippen LogP contribution in [0.15, 0.2) is 36.5 Å². The van der Waals surface area contributed by atoms with E-state index in [1.54, 1.807) is 11.0 Å². The zero-order chi connectivity index (χ0) is 13.7. The van der Waals surface area contributed by atoms with Crippen LogP contribution in [0.3, 0.4) is 0 Å². The van der Waals surface area contributed by atoms with Crippen LogP contribution in [0.4, 0.5) is 0 Å². The van der Waals surface area contributed by atoms with E-state index >= 15 is 0 Å². The molecule has 0 spiro atoms. The highest BCUT2D eigenvalue weighted by Gasteiger charge is 2.16. The van der Waals surface area contributed by atoms with Crippen molar-refractivity contribution in [2.75, 3.05) is 6.54 Å². The minimum atomic E-state index is -0.671. The SMILES string of the molecule is CCC(C)(O)CNCc1cnn(-c2ccccc2)n1. The second-order valence-corrected chi connectivity index (χ2v) is 4.91. The Labute approximate surface area is 113 Å². The summed E-state index contributed by atoms with van der Waals surface area (Å²) in [5.74, 6) is 0. The summed E-state index contributed by atoms with van der Waals surface area (Å²) in [6.07, 6.45) is 2.46. The van der Waals surface area contributed by atoms with E-state index in [2.05, 4.69) is 15.5 Å². The molecule has 0 saturated heterocycles. The highest BCUT2D eigenvalue weighted by molar-refractivity contribution is 5.28. The van der Waals surface area contributed by atoms with Gasteiger partial charge in [-0.3, -0.25) is 0 Å². The maximum atomic E-state index is 9.88. The molecule has 2 aromatic rings. The third-order valence-corrected chi connectivity index (χ3v) is 3.10. The highest BCUT2D eigenvalue weighted by Crippen LogP contribution is 2.07. The van der Waals surface area contributed by atoms with Crippen LogP contribution in [0.25, 0.3) is 5.69 Å². The Hall–Kier alpha value is -1.72. The maximum absolute atomic E-state index is 9.88. The van der Waals surface area contributed by atoms with E-state index in [9.17, 15) is 5.11 Å². The lowest BCUT2D eigenvalue weighted by molar-refractivity contribution is 0.0555. The molecular weight excluding hydrogens is 240 g/mol. The average molecular weight is 260 g/mol. The second-order valence-electron chi connectivity index (χ2n) is 4.91. The van der Waals surface area contributed by atoms with Gasteiger partial charge in [0, 0.05) is 13.1 Å². The van der Waals surface area contributed by atoms with Crippen molar-refractivity contribution in [3.05, 3.63) is 42.2 Å². The molecule has 5 nitrogen and oxygen atoms in total. The molecule has 19 heavy (non-hydrogen) atoms. The quantitative estimate of drug-likeness (QED) is 0.826. The van der Waals surface area contributed by atoms with Crippen LogP contribution in [0.5, 0.6) is 0 Å². The summed E-state index contributed by atoms with van der Waals surface area (Å²) in [7, 11) is 0. The fourth-order valence-corrected chi connectivity index (χ4v) is 1.65. The predicted octanol–water partition coefficient (Wildman–Crippen LogP) is 1.52. The first-order chi connectivity index (χ1) is 9.11. The molecule has 102 valence electrons. The number of aromatic nitrogens is 3. The molecule has 0 fully saturated rings. The number of hydrogen-bond acceptors (Lipinski definition) is 4. The van der Waals surface area contributed by atoms with Gasteiger partial charge in [0.1, 0.15) is 0 Å². The Kier molecular flexibility index (Phi) is 4.29. The maximum Gasteiger partial charge on any atom is 0.0969 e. The molecule has 0 radical (unpaired) electrons. The van der Waals surface area contributed by atoms with E-state index in [-0.39, 0.29) is 0 Å². The monoisotopic (exact) mass is 260 g/mol. The smallest absolute Gasteiger partial charge is 0.0969 e. The molecule has 2 rings (SSSR count). The van der Waals surface area contributed by atoms with Gasteiger partial charge in [0.15, 0.2) is 0 Å². The first kappa shape index (κ1) is 13.7. The van der Waals surface area contributed by atoms with Crippen molar-refractivity contribution in [1.29, 1.82) is 0 Å². The summed E-state index contributed by atoms with van der Waals surface area (Å²) in [5, 5.41) is 21.7. The third-order valence-electron chi connectivity index (χ3n) is 3.10. The first-order valence-corrected chi connectivity index (χ1v) is 6.50. The van der Waals surface area contributed by atoms with Gasteiger partial charge in [0.25, 0.3) is 0 Å². The lowest BCUT2D eigenvalue weighted by atomic mass is 10.0. The topological polar surface area (TPSA) is 63.0 Å². The van der Waals surface area contributed by atoms with Crippen LogP contribution in [0, 0.1) is 0 Å². The van der Waals surface area contributed by atoms with E-state index < -0.39 is 5.60 Å². The molecule has 0 aliphatic carbocycles. The molecule has 2 N–H and O–H groups in total. The predicted molar refractivity (Wildman–Crippen MR) is 74.0 cm³/mol. The number of rotatable bonds is 6. The Morgan fingerprint density at radius 2 is 2.05 bits per heavy atom. The van der Waals surface area contributed by atoms with Crippen molar-refractivity contribution in [1.82, 2.24) is 20.3 Å². The summed E-state index contributed by atoms with van der Waals surface area (Å²) >= 11 is 0. The van der Waals surface area contributed by atoms with Gasteiger partial charge in [-0.2, -0.15) is 15.0 Å². The van der Waals surface area contributed by atoms with Crippen LogP contribution >= 0.6 is 0 Å². The number of aliphatic hydroxyl groups is 1. The van der Waals surface area contributed by atoms with Crippen molar-refractivity contribution in [2.24, 2.45) is 0 Å². The molecule has 1 unspecified atom stereocenters. The van der Waals surface area contributed by atoms with E-state index in [1.165, 1.54) is 0 Å². The summed E-state index contributed by atoms with van der Waals surface area (Å²) in [6.45, 7) is 4.93. The third kappa shape index (κ3) is 3.87. The van der Waals surface area contributed by atoms with Gasteiger partial charge in [0.05, 0.1) is 23.2 Å². The molecule has 1 heterocycles. The minimum Gasteiger partial charge on any atom is -0.389 e. The van der Waals surface area contributed by atoms with Crippen LogP contribution in [-0.4, -0.2) is 32.2 Å². The molecule has 0 amide bonds. The summed E-state index contributed by atoms with van der Waals surface area (Å²) < 4.78 is 0. The molecule has 1 aromatic heterocycles. The Morgan fingerprint density at radius 1 is 1.32 bits per heavy atom. The molecule has 0 saturated carbocycles. The lowest BCUT2D eigenvalue weighted by Crippen LogP contribution is -2.36. The van der Waals surface area contributed by atoms with Gasteiger partial charge in [-0.15, -0.1) is 0 Å². The zero-order valence-corrected chi connectivity index (χ0v) is 11.4. The molecule has 0 aliphatic rings. The average Bonchev–Trinajstić information content (AvgIpc) is 2.88. The Bertz CT molecular complexity index is 507. The van der Waals surface area contributed by atoms with Crippen molar-refractivity contribution >= 4 is 0 Å². The lowest BCUT2D eigenvalue weighted by Gasteiger charge is -2.21. The van der Waals surface area contributed by atoms with Crippen LogP contribution < -0.4 is 5.32 Å². The van der Waals surface area contributed by atoms with E-state index in [4.69, 9.17) is 0 Å². The van der Waals surface area contributed by atoms with Crippen LogP contribution in [0.1, 0.15) is 26.0 Å². The molecule has 5 heteroatoms. The Morgan fingerprint density at radius 3 is 2.74 bits per heavy atom. The van der Waals surface area contributed by atoms with Gasteiger partial charge in [-0.1, -0.05) is 25.1 Å². The fourth-order valence-electron chi connectivity index (χ4n) is 1.65. The number of nitrogens with zero attached hydrogens (tertiary/aromatic N) is 3. The van der Waals surface area contributed by atoms with E-state index in [0.717, 1.165) is 17.8 Å². The second kappa shape index (κ2) is 5.95. The summed E-state index contributed by atoms with van der Waals surface area (Å²) in [4.78, 5) is 1.61. The molecule has 0 bridgehead atoms. The number of nitrogens with one attached hydrogen (secondary N) is 1. The standard InChI is InChI=1S/C14H20N4O/c1-3-14(2,19)11-15-9-12-10-16-18(17-12)13-7-5-4-6-8-13/h4-8,10,15,19H,3,9,11H2,1-2H3. The van der Waals surface area contributed by atoms with Crippen molar-refractivity contribution < 1.29 is 5.11 Å².